The molecule has 0 aromatic carbocycles. The lowest BCUT2D eigenvalue weighted by atomic mass is 10.1. The highest BCUT2D eigenvalue weighted by Crippen LogP contribution is 2.05. The molecule has 0 saturated carbocycles. The van der Waals surface area contributed by atoms with Gasteiger partial charge in [0.05, 0.1) is 6.04 Å². The molecule has 3 heteroatoms. The summed E-state index contributed by atoms with van der Waals surface area (Å²) in [6.45, 7) is 9.97. The monoisotopic (exact) mass is 214 g/mol. The summed E-state index contributed by atoms with van der Waals surface area (Å²) in [5.74, 6) is 0.882. The number of unbranched alkanes of at least 4 members (excludes halogenated alkanes) is 1. The van der Waals surface area contributed by atoms with Crippen LogP contribution in [-0.4, -0.2) is 25.0 Å². The summed E-state index contributed by atoms with van der Waals surface area (Å²) in [5, 5.41) is 6.03. The Morgan fingerprint density at radius 3 is 2.40 bits per heavy atom. The zero-order chi connectivity index (χ0) is 11.7. The molecule has 0 aromatic rings. The van der Waals surface area contributed by atoms with Gasteiger partial charge in [-0.05, 0) is 32.7 Å². The van der Waals surface area contributed by atoms with E-state index in [0.29, 0.717) is 6.54 Å². The van der Waals surface area contributed by atoms with Gasteiger partial charge in [-0.2, -0.15) is 0 Å². The van der Waals surface area contributed by atoms with Crippen molar-refractivity contribution in [3.05, 3.63) is 0 Å². The van der Waals surface area contributed by atoms with Crippen LogP contribution in [0.4, 0.5) is 0 Å². The molecule has 15 heavy (non-hydrogen) atoms. The first-order valence-corrected chi connectivity index (χ1v) is 6.09. The molecule has 0 spiro atoms. The summed E-state index contributed by atoms with van der Waals surface area (Å²) in [6, 6.07) is -0.0657. The third kappa shape index (κ3) is 8.43. The molecule has 0 rings (SSSR count). The third-order valence-corrected chi connectivity index (χ3v) is 2.40. The fraction of sp³-hybridized carbons (Fsp3) is 0.917. The zero-order valence-corrected chi connectivity index (χ0v) is 10.6. The van der Waals surface area contributed by atoms with Crippen LogP contribution in [-0.2, 0) is 4.79 Å². The summed E-state index contributed by atoms with van der Waals surface area (Å²) >= 11 is 0. The van der Waals surface area contributed by atoms with Gasteiger partial charge in [0.15, 0.2) is 0 Å². The number of carbonyl (C=O) groups is 1. The number of hydrogen-bond acceptors (Lipinski definition) is 2. The van der Waals surface area contributed by atoms with Crippen molar-refractivity contribution in [2.45, 2.75) is 53.0 Å². The predicted molar refractivity (Wildman–Crippen MR) is 64.8 cm³/mol. The molecular formula is C12H26N2O. The van der Waals surface area contributed by atoms with Crippen molar-refractivity contribution in [3.8, 4) is 0 Å². The molecule has 1 unspecified atom stereocenters. The van der Waals surface area contributed by atoms with E-state index in [4.69, 9.17) is 0 Å². The Kier molecular flexibility index (Phi) is 8.38. The number of hydrogen-bond donors (Lipinski definition) is 2. The van der Waals surface area contributed by atoms with Crippen LogP contribution < -0.4 is 10.6 Å². The fourth-order valence-electron chi connectivity index (χ4n) is 1.42. The van der Waals surface area contributed by atoms with Crippen molar-refractivity contribution in [1.82, 2.24) is 10.6 Å². The number of rotatable bonds is 8. The number of likely N-dealkylation sites (N-methyl/N-ethyl adjacent to an activating group) is 1. The standard InChI is InChI=1S/C12H26N2O/c1-5-13-12(15)11(4)14-9-7-6-8-10(2)3/h10-11,14H,5-9H2,1-4H3,(H,13,15). The molecule has 90 valence electrons. The lowest BCUT2D eigenvalue weighted by Gasteiger charge is -2.13. The first kappa shape index (κ1) is 14.4. The molecular weight excluding hydrogens is 188 g/mol. The van der Waals surface area contributed by atoms with E-state index in [-0.39, 0.29) is 11.9 Å². The van der Waals surface area contributed by atoms with Gasteiger partial charge in [-0.3, -0.25) is 4.79 Å². The topological polar surface area (TPSA) is 41.1 Å². The SMILES string of the molecule is CCNC(=O)C(C)NCCCCC(C)C. The minimum atomic E-state index is -0.0657. The van der Waals surface area contributed by atoms with Gasteiger partial charge in [0.25, 0.3) is 0 Å². The maximum Gasteiger partial charge on any atom is 0.236 e. The average Bonchev–Trinajstić information content (AvgIpc) is 2.16. The van der Waals surface area contributed by atoms with E-state index < -0.39 is 0 Å². The van der Waals surface area contributed by atoms with Crippen molar-refractivity contribution in [2.75, 3.05) is 13.1 Å². The largest absolute Gasteiger partial charge is 0.355 e. The maximum atomic E-state index is 11.3. The predicted octanol–water partition coefficient (Wildman–Crippen LogP) is 1.93. The molecule has 0 bridgehead atoms. The normalized spacial score (nSPS) is 12.9. The molecule has 0 heterocycles. The second-order valence-electron chi connectivity index (χ2n) is 4.46. The highest BCUT2D eigenvalue weighted by molar-refractivity contribution is 5.81. The Hall–Kier alpha value is -0.570. The number of amides is 1. The molecule has 3 nitrogen and oxygen atoms in total. The molecule has 0 radical (unpaired) electrons. The van der Waals surface area contributed by atoms with Crippen LogP contribution in [0.5, 0.6) is 0 Å². The van der Waals surface area contributed by atoms with Crippen LogP contribution in [0.15, 0.2) is 0 Å². The van der Waals surface area contributed by atoms with Crippen LogP contribution in [0.1, 0.15) is 47.0 Å². The van der Waals surface area contributed by atoms with E-state index in [2.05, 4.69) is 24.5 Å². The van der Waals surface area contributed by atoms with Crippen molar-refractivity contribution >= 4 is 5.91 Å². The van der Waals surface area contributed by atoms with Gasteiger partial charge in [-0.1, -0.05) is 26.7 Å². The van der Waals surface area contributed by atoms with Crippen LogP contribution >= 0.6 is 0 Å². The van der Waals surface area contributed by atoms with Gasteiger partial charge in [0, 0.05) is 6.54 Å². The molecule has 1 amide bonds. The molecule has 2 N–H and O–H groups in total. The quantitative estimate of drug-likeness (QED) is 0.606. The van der Waals surface area contributed by atoms with Gasteiger partial charge in [0.2, 0.25) is 5.91 Å². The second-order valence-corrected chi connectivity index (χ2v) is 4.46. The van der Waals surface area contributed by atoms with Gasteiger partial charge in [0.1, 0.15) is 0 Å². The van der Waals surface area contributed by atoms with Crippen LogP contribution in [0, 0.1) is 5.92 Å². The fourth-order valence-corrected chi connectivity index (χ4v) is 1.42. The van der Waals surface area contributed by atoms with Crippen molar-refractivity contribution in [3.63, 3.8) is 0 Å². The Bertz CT molecular complexity index is 169. The summed E-state index contributed by atoms with van der Waals surface area (Å²) in [5.41, 5.74) is 0. The molecule has 0 aliphatic carbocycles. The zero-order valence-electron chi connectivity index (χ0n) is 10.6. The van der Waals surface area contributed by atoms with E-state index >= 15 is 0 Å². The summed E-state index contributed by atoms with van der Waals surface area (Å²) in [4.78, 5) is 11.3. The van der Waals surface area contributed by atoms with Gasteiger partial charge >= 0.3 is 0 Å². The van der Waals surface area contributed by atoms with Gasteiger partial charge < -0.3 is 10.6 Å². The first-order valence-electron chi connectivity index (χ1n) is 6.09. The highest BCUT2D eigenvalue weighted by atomic mass is 16.2. The van der Waals surface area contributed by atoms with E-state index in [0.717, 1.165) is 18.9 Å². The number of nitrogens with one attached hydrogen (secondary N) is 2. The molecule has 0 aliphatic rings. The minimum absolute atomic E-state index is 0.0657. The maximum absolute atomic E-state index is 11.3. The van der Waals surface area contributed by atoms with Crippen LogP contribution in [0.3, 0.4) is 0 Å². The molecule has 0 saturated heterocycles. The van der Waals surface area contributed by atoms with E-state index in [1.54, 1.807) is 0 Å². The lowest BCUT2D eigenvalue weighted by Crippen LogP contribution is -2.42. The second kappa shape index (κ2) is 8.72. The summed E-state index contributed by atoms with van der Waals surface area (Å²) in [7, 11) is 0. The Morgan fingerprint density at radius 2 is 1.87 bits per heavy atom. The molecule has 0 aromatic heterocycles. The van der Waals surface area contributed by atoms with E-state index in [9.17, 15) is 4.79 Å². The average molecular weight is 214 g/mol. The summed E-state index contributed by atoms with van der Waals surface area (Å²) in [6.07, 6.45) is 3.67. The van der Waals surface area contributed by atoms with E-state index in [1.807, 2.05) is 13.8 Å². The van der Waals surface area contributed by atoms with Gasteiger partial charge in [-0.25, -0.2) is 0 Å². The summed E-state index contributed by atoms with van der Waals surface area (Å²) < 4.78 is 0. The Morgan fingerprint density at radius 1 is 1.20 bits per heavy atom. The molecule has 0 fully saturated rings. The first-order chi connectivity index (χ1) is 7.07. The van der Waals surface area contributed by atoms with E-state index in [1.165, 1.54) is 12.8 Å². The lowest BCUT2D eigenvalue weighted by molar-refractivity contribution is -0.122. The smallest absolute Gasteiger partial charge is 0.236 e. The molecule has 0 aliphatic heterocycles. The van der Waals surface area contributed by atoms with Crippen molar-refractivity contribution in [2.24, 2.45) is 5.92 Å². The van der Waals surface area contributed by atoms with Gasteiger partial charge in [-0.15, -0.1) is 0 Å². The third-order valence-electron chi connectivity index (χ3n) is 2.40. The van der Waals surface area contributed by atoms with Crippen LogP contribution in [0.2, 0.25) is 0 Å². The van der Waals surface area contributed by atoms with Crippen molar-refractivity contribution < 1.29 is 4.79 Å². The van der Waals surface area contributed by atoms with Crippen LogP contribution in [0.25, 0.3) is 0 Å². The number of carbonyl (C=O) groups excluding carboxylic acids is 1. The minimum Gasteiger partial charge on any atom is -0.355 e. The van der Waals surface area contributed by atoms with Crippen molar-refractivity contribution in [1.29, 1.82) is 0 Å². The Balaban J connectivity index is 3.38. The highest BCUT2D eigenvalue weighted by Gasteiger charge is 2.09. The molecule has 1 atom stereocenters. The Labute approximate surface area is 94.0 Å².